The smallest absolute Gasteiger partial charge is 0.0463 e. The van der Waals surface area contributed by atoms with Crippen molar-refractivity contribution < 1.29 is 0 Å². The number of aryl methyl sites for hydroxylation is 6. The van der Waals surface area contributed by atoms with Gasteiger partial charge in [-0.2, -0.15) is 0 Å². The van der Waals surface area contributed by atoms with Gasteiger partial charge in [0.2, 0.25) is 0 Å². The van der Waals surface area contributed by atoms with Crippen molar-refractivity contribution in [1.82, 2.24) is 0 Å². The van der Waals surface area contributed by atoms with Crippen LogP contribution in [-0.2, 0) is 25.7 Å². The lowest BCUT2D eigenvalue weighted by Crippen LogP contribution is -2.13. The Bertz CT molecular complexity index is 2820. The normalized spacial score (nSPS) is 11.1. The summed E-state index contributed by atoms with van der Waals surface area (Å²) >= 11 is 0. The molecule has 0 aromatic heterocycles. The summed E-state index contributed by atoms with van der Waals surface area (Å²) in [6.45, 7) is 13.3. The zero-order valence-corrected chi connectivity index (χ0v) is 46.1. The standard InChI is InChI=1S/C72H78N4/c1-7-11-15-57-23-35-63(36-24-57)75(64-37-25-58(26-38-64)16-12-8-2)71-51-47-69(48-52-71)73(61-31-19-55(5)20-32-61)67-43-45-68(46-44-67)74(62-33-21-56(6)22-34-62)70-49-53-72(54-50-70)76(65-39-27-59(28-40-65)17-13-9-3)66-41-29-60(30-42-66)18-14-10-4/h19-54H,7-18H2,1-6H3. The van der Waals surface area contributed by atoms with Gasteiger partial charge < -0.3 is 19.6 Å². The molecule has 0 atom stereocenters. The Morgan fingerprint density at radius 1 is 0.197 bits per heavy atom. The van der Waals surface area contributed by atoms with E-state index in [4.69, 9.17) is 0 Å². The molecular weight excluding hydrogens is 921 g/mol. The average Bonchev–Trinajstić information content (AvgIpc) is 3.46. The minimum absolute atomic E-state index is 1.08. The molecule has 9 aromatic carbocycles. The molecule has 0 aliphatic rings. The fourth-order valence-electron chi connectivity index (χ4n) is 10.2. The molecule has 9 rings (SSSR count). The highest BCUT2D eigenvalue weighted by Gasteiger charge is 2.20. The van der Waals surface area contributed by atoms with Gasteiger partial charge in [0.25, 0.3) is 0 Å². The fraction of sp³-hybridized carbons (Fsp3) is 0.250. The molecule has 0 aliphatic carbocycles. The van der Waals surface area contributed by atoms with Gasteiger partial charge in [-0.05, 0) is 233 Å². The average molecular weight is 999 g/mol. The SMILES string of the molecule is CCCCc1ccc(N(c2ccc(CCCC)cc2)c2ccc(N(c3ccc(C)cc3)c3ccc(N(c4ccc(C)cc4)c4ccc(N(c5ccc(CCCC)cc5)c5ccc(CCCC)cc5)cc4)cc3)cc2)cc1. The van der Waals surface area contributed by atoms with Crippen molar-refractivity contribution in [1.29, 1.82) is 0 Å². The molecule has 0 bridgehead atoms. The second kappa shape index (κ2) is 26.1. The third-order valence-electron chi connectivity index (χ3n) is 14.7. The molecule has 9 aromatic rings. The highest BCUT2D eigenvalue weighted by atomic mass is 15.2. The quantitative estimate of drug-likeness (QED) is 0.0598. The van der Waals surface area contributed by atoms with E-state index in [1.807, 2.05) is 0 Å². The Kier molecular flexibility index (Phi) is 18.2. The van der Waals surface area contributed by atoms with Crippen LogP contribution < -0.4 is 19.6 Å². The lowest BCUT2D eigenvalue weighted by Gasteiger charge is -2.30. The van der Waals surface area contributed by atoms with Crippen LogP contribution in [0.3, 0.4) is 0 Å². The van der Waals surface area contributed by atoms with Crippen LogP contribution in [0, 0.1) is 13.8 Å². The Morgan fingerprint density at radius 3 is 0.474 bits per heavy atom. The second-order valence-electron chi connectivity index (χ2n) is 20.6. The van der Waals surface area contributed by atoms with Gasteiger partial charge in [0, 0.05) is 68.2 Å². The predicted octanol–water partition coefficient (Wildman–Crippen LogP) is 21.6. The van der Waals surface area contributed by atoms with Crippen molar-refractivity contribution in [2.45, 2.75) is 119 Å². The van der Waals surface area contributed by atoms with Crippen molar-refractivity contribution in [2.75, 3.05) is 19.6 Å². The first-order valence-corrected chi connectivity index (χ1v) is 28.3. The van der Waals surface area contributed by atoms with Crippen molar-refractivity contribution >= 4 is 68.2 Å². The Morgan fingerprint density at radius 2 is 0.329 bits per heavy atom. The first-order valence-electron chi connectivity index (χ1n) is 28.3. The highest BCUT2D eigenvalue weighted by Crippen LogP contribution is 2.43. The van der Waals surface area contributed by atoms with Crippen LogP contribution in [0.1, 0.15) is 112 Å². The first kappa shape index (κ1) is 53.0. The lowest BCUT2D eigenvalue weighted by molar-refractivity contribution is 0.795. The van der Waals surface area contributed by atoms with Crippen LogP contribution in [0.4, 0.5) is 68.2 Å². The first-order chi connectivity index (χ1) is 37.3. The van der Waals surface area contributed by atoms with E-state index in [-0.39, 0.29) is 0 Å². The van der Waals surface area contributed by atoms with Crippen LogP contribution >= 0.6 is 0 Å². The summed E-state index contributed by atoms with van der Waals surface area (Å²) in [5.41, 5.74) is 21.4. The number of unbranched alkanes of at least 4 members (excludes halogenated alkanes) is 4. The number of benzene rings is 9. The van der Waals surface area contributed by atoms with Gasteiger partial charge in [-0.15, -0.1) is 0 Å². The molecule has 0 radical (unpaired) electrons. The third-order valence-corrected chi connectivity index (χ3v) is 14.7. The number of hydrogen-bond acceptors (Lipinski definition) is 4. The summed E-state index contributed by atoms with van der Waals surface area (Å²) < 4.78 is 0. The summed E-state index contributed by atoms with van der Waals surface area (Å²) in [5.74, 6) is 0. The molecule has 0 fully saturated rings. The van der Waals surface area contributed by atoms with Gasteiger partial charge in [-0.1, -0.05) is 137 Å². The molecule has 0 amide bonds. The van der Waals surface area contributed by atoms with Crippen molar-refractivity contribution in [3.63, 3.8) is 0 Å². The van der Waals surface area contributed by atoms with E-state index in [0.29, 0.717) is 0 Å². The minimum atomic E-state index is 1.08. The van der Waals surface area contributed by atoms with Crippen LogP contribution in [0.15, 0.2) is 218 Å². The molecule has 0 aliphatic heterocycles. The molecular formula is C72H78N4. The Labute approximate surface area is 455 Å². The van der Waals surface area contributed by atoms with Gasteiger partial charge in [0.05, 0.1) is 0 Å². The monoisotopic (exact) mass is 999 g/mol. The fourth-order valence-corrected chi connectivity index (χ4v) is 10.2. The maximum atomic E-state index is 2.39. The second-order valence-corrected chi connectivity index (χ2v) is 20.6. The van der Waals surface area contributed by atoms with E-state index in [0.717, 1.165) is 93.9 Å². The summed E-state index contributed by atoms with van der Waals surface area (Å²) in [5, 5.41) is 0. The van der Waals surface area contributed by atoms with E-state index in [1.165, 1.54) is 84.7 Å². The number of anilines is 12. The molecule has 0 heterocycles. The van der Waals surface area contributed by atoms with Gasteiger partial charge in [-0.25, -0.2) is 0 Å². The van der Waals surface area contributed by atoms with Crippen LogP contribution in [-0.4, -0.2) is 0 Å². The number of hydrogen-bond donors (Lipinski definition) is 0. The van der Waals surface area contributed by atoms with Gasteiger partial charge in [0.15, 0.2) is 0 Å². The molecule has 4 heteroatoms. The molecule has 386 valence electrons. The molecule has 76 heavy (non-hydrogen) atoms. The Balaban J connectivity index is 1.05. The third kappa shape index (κ3) is 13.2. The molecule has 0 saturated heterocycles. The zero-order chi connectivity index (χ0) is 52.6. The maximum Gasteiger partial charge on any atom is 0.0463 e. The lowest BCUT2D eigenvalue weighted by atomic mass is 10.1. The summed E-state index contributed by atoms with van der Waals surface area (Å²) in [7, 11) is 0. The van der Waals surface area contributed by atoms with E-state index < -0.39 is 0 Å². The number of nitrogens with zero attached hydrogens (tertiary/aromatic N) is 4. The molecule has 0 spiro atoms. The summed E-state index contributed by atoms with van der Waals surface area (Å²) in [6.07, 6.45) is 14.0. The van der Waals surface area contributed by atoms with E-state index in [9.17, 15) is 0 Å². The molecule has 0 saturated carbocycles. The summed E-state index contributed by atoms with van der Waals surface area (Å²) in [4.78, 5) is 9.52. The van der Waals surface area contributed by atoms with Crippen LogP contribution in [0.25, 0.3) is 0 Å². The van der Waals surface area contributed by atoms with E-state index >= 15 is 0 Å². The van der Waals surface area contributed by atoms with Gasteiger partial charge in [-0.3, -0.25) is 0 Å². The molecule has 0 N–H and O–H groups in total. The number of rotatable bonds is 24. The van der Waals surface area contributed by atoms with E-state index in [2.05, 4.69) is 280 Å². The largest absolute Gasteiger partial charge is 0.311 e. The van der Waals surface area contributed by atoms with E-state index in [1.54, 1.807) is 0 Å². The minimum Gasteiger partial charge on any atom is -0.311 e. The zero-order valence-electron chi connectivity index (χ0n) is 46.1. The van der Waals surface area contributed by atoms with Gasteiger partial charge >= 0.3 is 0 Å². The molecule has 4 nitrogen and oxygen atoms in total. The molecule has 0 unspecified atom stereocenters. The van der Waals surface area contributed by atoms with Crippen molar-refractivity contribution in [3.8, 4) is 0 Å². The van der Waals surface area contributed by atoms with Gasteiger partial charge in [0.1, 0.15) is 0 Å². The topological polar surface area (TPSA) is 13.0 Å². The Hall–Kier alpha value is -7.82. The van der Waals surface area contributed by atoms with Crippen molar-refractivity contribution in [3.05, 3.63) is 252 Å². The van der Waals surface area contributed by atoms with Crippen molar-refractivity contribution in [2.24, 2.45) is 0 Å². The highest BCUT2D eigenvalue weighted by molar-refractivity contribution is 5.85. The maximum absolute atomic E-state index is 2.39. The predicted molar refractivity (Wildman–Crippen MR) is 329 cm³/mol. The summed E-state index contributed by atoms with van der Waals surface area (Å²) in [6, 6.07) is 81.7. The van der Waals surface area contributed by atoms with Crippen LogP contribution in [0.5, 0.6) is 0 Å². The van der Waals surface area contributed by atoms with Crippen LogP contribution in [0.2, 0.25) is 0 Å².